The summed E-state index contributed by atoms with van der Waals surface area (Å²) in [7, 11) is 1.22. The average molecular weight is 415 g/mol. The number of likely N-dealkylation sites (tertiary alicyclic amines) is 1. The zero-order chi connectivity index (χ0) is 21.6. The number of benzene rings is 1. The summed E-state index contributed by atoms with van der Waals surface area (Å²) in [5, 5.41) is 0. The molecule has 2 rings (SSSR count). The molecule has 0 N–H and O–H groups in total. The van der Waals surface area contributed by atoms with Gasteiger partial charge >= 0.3 is 18.2 Å². The van der Waals surface area contributed by atoms with Crippen LogP contribution < -0.4 is 0 Å². The molecule has 6 nitrogen and oxygen atoms in total. The lowest BCUT2D eigenvalue weighted by atomic mass is 9.84. The molecular formula is C20H24F3NO5. The topological polar surface area (TPSA) is 72.9 Å². The lowest BCUT2D eigenvalue weighted by molar-refractivity contribution is -0.146. The van der Waals surface area contributed by atoms with Gasteiger partial charge in [0.25, 0.3) is 0 Å². The Morgan fingerprint density at radius 2 is 1.97 bits per heavy atom. The first kappa shape index (κ1) is 22.7. The lowest BCUT2D eigenvalue weighted by Crippen LogP contribution is -2.48. The zero-order valence-corrected chi connectivity index (χ0v) is 16.3. The van der Waals surface area contributed by atoms with E-state index in [0.717, 1.165) is 12.1 Å². The Kier molecular flexibility index (Phi) is 7.64. The number of halogens is 3. The number of hydrogen-bond acceptors (Lipinski definition) is 5. The molecule has 1 amide bonds. The van der Waals surface area contributed by atoms with Gasteiger partial charge in [0.2, 0.25) is 0 Å². The van der Waals surface area contributed by atoms with Gasteiger partial charge in [-0.25, -0.2) is 4.79 Å². The summed E-state index contributed by atoms with van der Waals surface area (Å²) in [6, 6.07) is 4.37. The van der Waals surface area contributed by atoms with E-state index in [-0.39, 0.29) is 38.2 Å². The van der Waals surface area contributed by atoms with Crippen molar-refractivity contribution in [3.63, 3.8) is 0 Å². The maximum atomic E-state index is 13.0. The van der Waals surface area contributed by atoms with Gasteiger partial charge in [-0.15, -0.1) is 0 Å². The minimum Gasteiger partial charge on any atom is -0.466 e. The Morgan fingerprint density at radius 1 is 1.24 bits per heavy atom. The zero-order valence-electron chi connectivity index (χ0n) is 16.3. The van der Waals surface area contributed by atoms with Gasteiger partial charge in [-0.3, -0.25) is 9.59 Å². The molecule has 2 atom stereocenters. The van der Waals surface area contributed by atoms with Crippen LogP contribution in [0.25, 0.3) is 0 Å². The minimum atomic E-state index is -4.47. The summed E-state index contributed by atoms with van der Waals surface area (Å²) >= 11 is 0. The van der Waals surface area contributed by atoms with Crippen LogP contribution in [-0.2, 0) is 31.7 Å². The number of esters is 1. The van der Waals surface area contributed by atoms with Crippen molar-refractivity contribution in [2.75, 3.05) is 20.3 Å². The van der Waals surface area contributed by atoms with Crippen LogP contribution in [0.15, 0.2) is 24.3 Å². The molecule has 0 spiro atoms. The number of methoxy groups -OCH3 is 1. The molecule has 0 aromatic heterocycles. The molecule has 0 saturated carbocycles. The van der Waals surface area contributed by atoms with E-state index in [4.69, 9.17) is 9.47 Å². The summed E-state index contributed by atoms with van der Waals surface area (Å²) in [5.74, 6) is -1.37. The Balaban J connectivity index is 2.16. The standard InChI is InChI=1S/C20H24F3NO5/c1-3-29-18(26)12-17(25)14-7-8-24(19(27)28-2)16(11-14)10-13-5-4-6-15(9-13)20(21,22)23/h4-6,9,14,16H,3,7-8,10-12H2,1-2H3/t14-,16-/m1/s1. The van der Waals surface area contributed by atoms with E-state index in [2.05, 4.69) is 0 Å². The third kappa shape index (κ3) is 6.20. The number of Topliss-reactive ketones (excluding diaryl/α,β-unsaturated/α-hetero) is 1. The number of ether oxygens (including phenoxy) is 2. The summed E-state index contributed by atoms with van der Waals surface area (Å²) in [6.07, 6.45) is -4.69. The molecular weight excluding hydrogens is 391 g/mol. The molecule has 1 aromatic rings. The molecule has 1 fully saturated rings. The Labute approximate surface area is 167 Å². The predicted molar refractivity (Wildman–Crippen MR) is 97.0 cm³/mol. The Morgan fingerprint density at radius 3 is 2.59 bits per heavy atom. The van der Waals surface area contributed by atoms with Crippen LogP contribution in [0.2, 0.25) is 0 Å². The number of hydrogen-bond donors (Lipinski definition) is 0. The van der Waals surface area contributed by atoms with Crippen LogP contribution in [0.4, 0.5) is 18.0 Å². The molecule has 160 valence electrons. The van der Waals surface area contributed by atoms with Crippen LogP contribution in [0.3, 0.4) is 0 Å². The van der Waals surface area contributed by atoms with Gasteiger partial charge in [0.05, 0.1) is 19.3 Å². The number of carbonyl (C=O) groups excluding carboxylic acids is 3. The van der Waals surface area contributed by atoms with Crippen molar-refractivity contribution in [2.45, 2.75) is 44.8 Å². The van der Waals surface area contributed by atoms with Crippen molar-refractivity contribution in [1.29, 1.82) is 0 Å². The second kappa shape index (κ2) is 9.76. The molecule has 0 aliphatic carbocycles. The Bertz CT molecular complexity index is 750. The van der Waals surface area contributed by atoms with Crippen molar-refractivity contribution >= 4 is 17.8 Å². The highest BCUT2D eigenvalue weighted by Crippen LogP contribution is 2.32. The first-order valence-corrected chi connectivity index (χ1v) is 9.34. The van der Waals surface area contributed by atoms with Gasteiger partial charge in [0.15, 0.2) is 0 Å². The van der Waals surface area contributed by atoms with Gasteiger partial charge in [0.1, 0.15) is 12.2 Å². The van der Waals surface area contributed by atoms with Crippen LogP contribution in [0.1, 0.15) is 37.3 Å². The van der Waals surface area contributed by atoms with E-state index < -0.39 is 35.8 Å². The molecule has 29 heavy (non-hydrogen) atoms. The molecule has 0 bridgehead atoms. The van der Waals surface area contributed by atoms with Crippen molar-refractivity contribution in [3.8, 4) is 0 Å². The predicted octanol–water partition coefficient (Wildman–Crippen LogP) is 3.62. The summed E-state index contributed by atoms with van der Waals surface area (Å²) in [4.78, 5) is 37.5. The van der Waals surface area contributed by atoms with Gasteiger partial charge in [-0.2, -0.15) is 13.2 Å². The first-order chi connectivity index (χ1) is 13.7. The fourth-order valence-electron chi connectivity index (χ4n) is 3.54. The van der Waals surface area contributed by atoms with E-state index in [1.165, 1.54) is 18.1 Å². The quantitative estimate of drug-likeness (QED) is 0.524. The molecule has 1 aliphatic heterocycles. The number of rotatable bonds is 6. The van der Waals surface area contributed by atoms with E-state index in [1.807, 2.05) is 0 Å². The number of ketones is 1. The lowest BCUT2D eigenvalue weighted by Gasteiger charge is -2.38. The third-order valence-corrected chi connectivity index (χ3v) is 4.93. The average Bonchev–Trinajstić information content (AvgIpc) is 2.67. The van der Waals surface area contributed by atoms with Crippen LogP contribution in [-0.4, -0.2) is 49.0 Å². The highest BCUT2D eigenvalue weighted by Gasteiger charge is 2.36. The first-order valence-electron chi connectivity index (χ1n) is 9.34. The van der Waals surface area contributed by atoms with Crippen LogP contribution in [0.5, 0.6) is 0 Å². The van der Waals surface area contributed by atoms with Gasteiger partial charge < -0.3 is 14.4 Å². The van der Waals surface area contributed by atoms with E-state index in [1.54, 1.807) is 13.0 Å². The second-order valence-corrected chi connectivity index (χ2v) is 6.89. The fourth-order valence-corrected chi connectivity index (χ4v) is 3.54. The van der Waals surface area contributed by atoms with Crippen LogP contribution >= 0.6 is 0 Å². The van der Waals surface area contributed by atoms with Crippen molar-refractivity contribution in [2.24, 2.45) is 5.92 Å². The van der Waals surface area contributed by atoms with E-state index >= 15 is 0 Å². The summed E-state index contributed by atoms with van der Waals surface area (Å²) in [6.45, 7) is 2.03. The van der Waals surface area contributed by atoms with Crippen molar-refractivity contribution in [1.82, 2.24) is 4.90 Å². The van der Waals surface area contributed by atoms with Gasteiger partial charge in [0, 0.05) is 18.5 Å². The molecule has 1 aliphatic rings. The molecule has 1 heterocycles. The monoisotopic (exact) mass is 415 g/mol. The molecule has 0 unspecified atom stereocenters. The SMILES string of the molecule is CCOC(=O)CC(=O)[C@@H]1CCN(C(=O)OC)[C@H](Cc2cccc(C(F)(F)F)c2)C1. The summed E-state index contributed by atoms with van der Waals surface area (Å²) in [5.41, 5.74) is -0.373. The largest absolute Gasteiger partial charge is 0.466 e. The van der Waals surface area contributed by atoms with E-state index in [0.29, 0.717) is 12.0 Å². The highest BCUT2D eigenvalue weighted by atomic mass is 19.4. The highest BCUT2D eigenvalue weighted by molar-refractivity contribution is 5.96. The maximum absolute atomic E-state index is 13.0. The molecule has 9 heteroatoms. The third-order valence-electron chi connectivity index (χ3n) is 4.93. The Hall–Kier alpha value is -2.58. The maximum Gasteiger partial charge on any atom is 0.416 e. The minimum absolute atomic E-state index is 0.141. The van der Waals surface area contributed by atoms with Gasteiger partial charge in [-0.1, -0.05) is 18.2 Å². The van der Waals surface area contributed by atoms with Crippen molar-refractivity contribution in [3.05, 3.63) is 35.4 Å². The van der Waals surface area contributed by atoms with Crippen molar-refractivity contribution < 1.29 is 37.0 Å². The number of nitrogens with zero attached hydrogens (tertiary/aromatic N) is 1. The van der Waals surface area contributed by atoms with E-state index in [9.17, 15) is 27.6 Å². The molecule has 1 saturated heterocycles. The van der Waals surface area contributed by atoms with Gasteiger partial charge in [-0.05, 0) is 37.8 Å². The molecule has 1 aromatic carbocycles. The normalized spacial score (nSPS) is 19.6. The number of alkyl halides is 3. The number of amides is 1. The smallest absolute Gasteiger partial charge is 0.416 e. The van der Waals surface area contributed by atoms with Crippen LogP contribution in [0, 0.1) is 5.92 Å². The summed E-state index contributed by atoms with van der Waals surface area (Å²) < 4.78 is 48.5. The number of piperidine rings is 1. The molecule has 0 radical (unpaired) electrons. The number of carbonyl (C=O) groups is 3. The fraction of sp³-hybridized carbons (Fsp3) is 0.550. The second-order valence-electron chi connectivity index (χ2n) is 6.89.